The Morgan fingerprint density at radius 2 is 1.88 bits per heavy atom. The number of carbonyl (C=O) groups excluding carboxylic acids is 3. The summed E-state index contributed by atoms with van der Waals surface area (Å²) in [7, 11) is 0. The first-order valence-electron chi connectivity index (χ1n) is 10.6. The molecule has 1 N–H and O–H groups in total. The van der Waals surface area contributed by atoms with Gasteiger partial charge in [0.05, 0.1) is 12.5 Å². The van der Waals surface area contributed by atoms with Crippen molar-refractivity contribution in [1.29, 1.82) is 0 Å². The maximum atomic E-state index is 13.3. The van der Waals surface area contributed by atoms with E-state index >= 15 is 0 Å². The van der Waals surface area contributed by atoms with Crippen molar-refractivity contribution in [3.05, 3.63) is 83.7 Å². The summed E-state index contributed by atoms with van der Waals surface area (Å²) in [5.41, 5.74) is 0.881. The minimum absolute atomic E-state index is 0.383. The predicted octanol–water partition coefficient (Wildman–Crippen LogP) is 3.33. The van der Waals surface area contributed by atoms with Gasteiger partial charge in [-0.05, 0) is 49.2 Å². The highest BCUT2D eigenvalue weighted by Gasteiger charge is 2.51. The standard InChI is InChI=1S/C24H22N4O5/c1-15-7-3-4-8-16(15)24(2)22(30)27(23(31)25-24)14-21(29)28-18(20-10-6-12-33-20)13-17(26-28)19-9-5-11-32-19/h3-12,18H,13-14H2,1-2H3,(H,25,31). The first-order chi connectivity index (χ1) is 15.9. The summed E-state index contributed by atoms with van der Waals surface area (Å²) in [5.74, 6) is 0.106. The van der Waals surface area contributed by atoms with Crippen molar-refractivity contribution in [2.75, 3.05) is 6.54 Å². The molecule has 2 aliphatic rings. The van der Waals surface area contributed by atoms with Crippen LogP contribution in [-0.2, 0) is 15.1 Å². The molecule has 33 heavy (non-hydrogen) atoms. The minimum atomic E-state index is -1.25. The van der Waals surface area contributed by atoms with E-state index < -0.39 is 36.0 Å². The van der Waals surface area contributed by atoms with Gasteiger partial charge in [0.1, 0.15) is 35.4 Å². The Balaban J connectivity index is 1.41. The van der Waals surface area contributed by atoms with Gasteiger partial charge in [0.2, 0.25) is 0 Å². The molecular weight excluding hydrogens is 424 g/mol. The molecule has 4 heterocycles. The number of hydrazone groups is 1. The molecular formula is C24H22N4O5. The van der Waals surface area contributed by atoms with Gasteiger partial charge in [0.15, 0.2) is 0 Å². The van der Waals surface area contributed by atoms with E-state index in [-0.39, 0.29) is 0 Å². The van der Waals surface area contributed by atoms with Crippen molar-refractivity contribution in [3.8, 4) is 0 Å². The Morgan fingerprint density at radius 3 is 2.58 bits per heavy atom. The highest BCUT2D eigenvalue weighted by atomic mass is 16.3. The Morgan fingerprint density at radius 1 is 1.12 bits per heavy atom. The van der Waals surface area contributed by atoms with Crippen LogP contribution in [0.25, 0.3) is 0 Å². The number of nitrogens with one attached hydrogen (secondary N) is 1. The van der Waals surface area contributed by atoms with E-state index in [0.717, 1.165) is 10.5 Å². The fraction of sp³-hybridized carbons (Fsp3) is 0.250. The summed E-state index contributed by atoms with van der Waals surface area (Å²) in [5, 5.41) is 8.46. The van der Waals surface area contributed by atoms with Gasteiger partial charge < -0.3 is 14.2 Å². The number of aryl methyl sites for hydroxylation is 1. The molecule has 0 bridgehead atoms. The molecule has 2 aliphatic heterocycles. The molecule has 2 aromatic heterocycles. The third-order valence-corrected chi connectivity index (χ3v) is 6.10. The zero-order valence-electron chi connectivity index (χ0n) is 18.1. The third-order valence-electron chi connectivity index (χ3n) is 6.10. The van der Waals surface area contributed by atoms with E-state index in [1.807, 2.05) is 25.1 Å². The molecule has 0 radical (unpaired) electrons. The van der Waals surface area contributed by atoms with Crippen LogP contribution in [0.1, 0.15) is 42.0 Å². The van der Waals surface area contributed by atoms with Crippen LogP contribution in [0.2, 0.25) is 0 Å². The average molecular weight is 446 g/mol. The zero-order valence-corrected chi connectivity index (χ0v) is 18.1. The number of hydrogen-bond acceptors (Lipinski definition) is 6. The van der Waals surface area contributed by atoms with Crippen molar-refractivity contribution < 1.29 is 23.2 Å². The molecule has 0 aliphatic carbocycles. The molecule has 5 rings (SSSR count). The molecule has 3 aromatic rings. The van der Waals surface area contributed by atoms with Crippen LogP contribution in [0.15, 0.2) is 75.0 Å². The zero-order chi connectivity index (χ0) is 23.2. The summed E-state index contributed by atoms with van der Waals surface area (Å²) < 4.78 is 11.0. The summed E-state index contributed by atoms with van der Waals surface area (Å²) in [6.07, 6.45) is 3.44. The fourth-order valence-corrected chi connectivity index (χ4v) is 4.40. The molecule has 1 fully saturated rings. The monoisotopic (exact) mass is 446 g/mol. The van der Waals surface area contributed by atoms with E-state index in [4.69, 9.17) is 8.83 Å². The lowest BCUT2D eigenvalue weighted by atomic mass is 9.88. The number of imide groups is 1. The summed E-state index contributed by atoms with van der Waals surface area (Å²) in [6.45, 7) is 3.07. The van der Waals surface area contributed by atoms with Crippen molar-refractivity contribution in [1.82, 2.24) is 15.2 Å². The van der Waals surface area contributed by atoms with Gasteiger partial charge in [-0.25, -0.2) is 9.80 Å². The van der Waals surface area contributed by atoms with Crippen molar-refractivity contribution in [2.24, 2.45) is 5.10 Å². The SMILES string of the molecule is Cc1ccccc1C1(C)NC(=O)N(CC(=O)N2N=C(c3ccco3)CC2c2ccco2)C1=O. The number of furan rings is 2. The van der Waals surface area contributed by atoms with Crippen LogP contribution in [0, 0.1) is 6.92 Å². The number of hydrogen-bond donors (Lipinski definition) is 1. The van der Waals surface area contributed by atoms with Crippen molar-refractivity contribution in [2.45, 2.75) is 31.8 Å². The molecule has 2 atom stereocenters. The number of benzene rings is 1. The topological polar surface area (TPSA) is 108 Å². The van der Waals surface area contributed by atoms with Gasteiger partial charge in [-0.1, -0.05) is 24.3 Å². The molecule has 2 unspecified atom stereocenters. The Kier molecular flexibility index (Phi) is 4.88. The van der Waals surface area contributed by atoms with Crippen molar-refractivity contribution >= 4 is 23.6 Å². The average Bonchev–Trinajstić information content (AvgIpc) is 3.58. The summed E-state index contributed by atoms with van der Waals surface area (Å²) in [4.78, 5) is 40.3. The molecule has 9 heteroatoms. The number of amides is 4. The first kappa shape index (κ1) is 20.7. The van der Waals surface area contributed by atoms with Crippen LogP contribution in [0.5, 0.6) is 0 Å². The number of urea groups is 1. The smallest absolute Gasteiger partial charge is 0.325 e. The van der Waals surface area contributed by atoms with Crippen LogP contribution >= 0.6 is 0 Å². The van der Waals surface area contributed by atoms with Gasteiger partial charge in [0.25, 0.3) is 11.8 Å². The van der Waals surface area contributed by atoms with Crippen LogP contribution < -0.4 is 5.32 Å². The Hall–Kier alpha value is -4.14. The molecule has 9 nitrogen and oxygen atoms in total. The van der Waals surface area contributed by atoms with Crippen LogP contribution in [-0.4, -0.2) is 40.0 Å². The molecule has 1 saturated heterocycles. The van der Waals surface area contributed by atoms with E-state index in [1.165, 1.54) is 17.5 Å². The number of carbonyl (C=O) groups is 3. The maximum absolute atomic E-state index is 13.3. The van der Waals surface area contributed by atoms with Gasteiger partial charge >= 0.3 is 6.03 Å². The molecule has 168 valence electrons. The molecule has 1 aromatic carbocycles. The predicted molar refractivity (Wildman–Crippen MR) is 117 cm³/mol. The number of rotatable bonds is 5. The van der Waals surface area contributed by atoms with Crippen LogP contribution in [0.4, 0.5) is 4.79 Å². The van der Waals surface area contributed by atoms with E-state index in [0.29, 0.717) is 29.2 Å². The maximum Gasteiger partial charge on any atom is 0.325 e. The van der Waals surface area contributed by atoms with Gasteiger partial charge in [-0.2, -0.15) is 5.10 Å². The summed E-state index contributed by atoms with van der Waals surface area (Å²) in [6, 6.07) is 13.2. The van der Waals surface area contributed by atoms with Crippen LogP contribution in [0.3, 0.4) is 0 Å². The lowest BCUT2D eigenvalue weighted by Crippen LogP contribution is -2.43. The quantitative estimate of drug-likeness (QED) is 0.605. The highest BCUT2D eigenvalue weighted by Crippen LogP contribution is 2.35. The Bertz CT molecular complexity index is 1250. The molecule has 0 spiro atoms. The Labute approximate surface area is 189 Å². The molecule has 4 amide bonds. The second-order valence-electron chi connectivity index (χ2n) is 8.26. The largest absolute Gasteiger partial charge is 0.467 e. The van der Waals surface area contributed by atoms with Gasteiger partial charge in [-0.15, -0.1) is 0 Å². The first-order valence-corrected chi connectivity index (χ1v) is 10.6. The van der Waals surface area contributed by atoms with E-state index in [9.17, 15) is 14.4 Å². The van der Waals surface area contributed by atoms with Gasteiger partial charge in [-0.3, -0.25) is 14.5 Å². The van der Waals surface area contributed by atoms with Gasteiger partial charge in [0, 0.05) is 6.42 Å². The van der Waals surface area contributed by atoms with Crippen molar-refractivity contribution in [3.63, 3.8) is 0 Å². The molecule has 0 saturated carbocycles. The highest BCUT2D eigenvalue weighted by molar-refractivity contribution is 6.09. The normalized spacial score (nSPS) is 22.6. The fourth-order valence-electron chi connectivity index (χ4n) is 4.40. The van der Waals surface area contributed by atoms with E-state index in [2.05, 4.69) is 10.4 Å². The minimum Gasteiger partial charge on any atom is -0.467 e. The lowest BCUT2D eigenvalue weighted by molar-refractivity contribution is -0.140. The number of nitrogens with zero attached hydrogens (tertiary/aromatic N) is 3. The van der Waals surface area contributed by atoms with E-state index in [1.54, 1.807) is 37.3 Å². The summed E-state index contributed by atoms with van der Waals surface area (Å²) >= 11 is 0. The second kappa shape index (κ2) is 7.77. The third kappa shape index (κ3) is 3.42. The lowest BCUT2D eigenvalue weighted by Gasteiger charge is -2.25. The second-order valence-corrected chi connectivity index (χ2v) is 8.26.